The van der Waals surface area contributed by atoms with E-state index in [0.717, 1.165) is 42.2 Å². The molecule has 0 amide bonds. The van der Waals surface area contributed by atoms with Gasteiger partial charge in [-0.1, -0.05) is 30.7 Å². The van der Waals surface area contributed by atoms with E-state index in [0.29, 0.717) is 11.3 Å². The van der Waals surface area contributed by atoms with Crippen molar-refractivity contribution in [1.82, 2.24) is 4.90 Å². The summed E-state index contributed by atoms with van der Waals surface area (Å²) in [5.41, 5.74) is 2.17. The van der Waals surface area contributed by atoms with E-state index in [1.807, 2.05) is 12.1 Å². The zero-order valence-corrected chi connectivity index (χ0v) is 22.5. The lowest BCUT2D eigenvalue weighted by molar-refractivity contribution is -0.0793. The summed E-state index contributed by atoms with van der Waals surface area (Å²) < 4.78 is 11.1. The van der Waals surface area contributed by atoms with Gasteiger partial charge in [0.2, 0.25) is 5.75 Å². The normalized spacial score (nSPS) is 25.9. The van der Waals surface area contributed by atoms with Crippen LogP contribution in [0.4, 0.5) is 0 Å². The summed E-state index contributed by atoms with van der Waals surface area (Å²) in [5, 5.41) is 20.2. The Kier molecular flexibility index (Phi) is 6.63. The van der Waals surface area contributed by atoms with Gasteiger partial charge in [0.1, 0.15) is 16.9 Å². The number of nitrogens with zero attached hydrogens (tertiary/aromatic N) is 1. The van der Waals surface area contributed by atoms with Crippen LogP contribution in [0.25, 0.3) is 22.3 Å². The number of phenolic OH excluding ortho intramolecular Hbond substituents is 2. The molecule has 6 heteroatoms. The predicted octanol–water partition coefficient (Wildman–Crippen LogP) is 6.49. The molecule has 202 valence electrons. The molecule has 4 saturated carbocycles. The topological polar surface area (TPSA) is 83.1 Å². The van der Waals surface area contributed by atoms with Crippen molar-refractivity contribution >= 4 is 11.0 Å². The van der Waals surface area contributed by atoms with Gasteiger partial charge >= 0.3 is 0 Å². The fourth-order valence-electron chi connectivity index (χ4n) is 8.08. The molecular formula is C32H39NO5. The highest BCUT2D eigenvalue weighted by atomic mass is 16.5. The van der Waals surface area contributed by atoms with E-state index in [4.69, 9.17) is 9.15 Å². The number of rotatable bonds is 9. The first kappa shape index (κ1) is 25.3. The van der Waals surface area contributed by atoms with Gasteiger partial charge in [0.05, 0.1) is 7.11 Å². The van der Waals surface area contributed by atoms with Gasteiger partial charge in [0, 0.05) is 23.2 Å². The Hall–Kier alpha value is -2.99. The highest BCUT2D eigenvalue weighted by Gasteiger charge is 2.52. The van der Waals surface area contributed by atoms with Gasteiger partial charge in [0.15, 0.2) is 16.8 Å². The van der Waals surface area contributed by atoms with E-state index in [1.54, 1.807) is 0 Å². The fraction of sp³-hybridized carbons (Fsp3) is 0.531. The summed E-state index contributed by atoms with van der Waals surface area (Å²) in [4.78, 5) is 15.4. The maximum atomic E-state index is 12.7. The van der Waals surface area contributed by atoms with Crippen molar-refractivity contribution in [3.63, 3.8) is 0 Å². The van der Waals surface area contributed by atoms with Gasteiger partial charge < -0.3 is 24.3 Å². The van der Waals surface area contributed by atoms with Crippen molar-refractivity contribution < 1.29 is 19.4 Å². The zero-order valence-electron chi connectivity index (χ0n) is 22.5. The Morgan fingerprint density at radius 1 is 0.947 bits per heavy atom. The Labute approximate surface area is 224 Å². The van der Waals surface area contributed by atoms with E-state index < -0.39 is 0 Å². The molecule has 0 saturated heterocycles. The molecule has 4 aliphatic carbocycles. The van der Waals surface area contributed by atoms with Crippen LogP contribution in [0.5, 0.6) is 17.2 Å². The smallest absolute Gasteiger partial charge is 0.204 e. The Morgan fingerprint density at radius 2 is 1.61 bits per heavy atom. The second kappa shape index (κ2) is 9.96. The molecule has 0 aliphatic heterocycles. The summed E-state index contributed by atoms with van der Waals surface area (Å²) >= 11 is 0. The standard InChI is InChI=1S/C32H39NO5/c1-33(32-17-21-12-22(18-32)14-23(13-21)19-32)11-5-3-4-6-20-7-9-24(10-8-20)28-16-26(35)29-25(34)15-27(36)30(37-2)31(29)38-28/h7-10,15-16,21-23,34,36H,3-6,11-14,17-19H2,1-2H3. The van der Waals surface area contributed by atoms with Gasteiger partial charge in [-0.3, -0.25) is 4.79 Å². The van der Waals surface area contributed by atoms with Crippen LogP contribution in [-0.2, 0) is 6.42 Å². The van der Waals surface area contributed by atoms with Crippen LogP contribution in [-0.4, -0.2) is 41.4 Å². The molecule has 3 aromatic rings. The molecule has 4 fully saturated rings. The average Bonchev–Trinajstić information content (AvgIpc) is 2.87. The summed E-state index contributed by atoms with van der Waals surface area (Å²) in [6.45, 7) is 1.21. The maximum absolute atomic E-state index is 12.7. The molecule has 2 N–H and O–H groups in total. The first-order valence-corrected chi connectivity index (χ1v) is 14.2. The van der Waals surface area contributed by atoms with Crippen LogP contribution in [0.15, 0.2) is 45.6 Å². The molecule has 38 heavy (non-hydrogen) atoms. The molecular weight excluding hydrogens is 478 g/mol. The Bertz CT molecular complexity index is 1340. The lowest BCUT2D eigenvalue weighted by Crippen LogP contribution is -2.58. The second-order valence-electron chi connectivity index (χ2n) is 12.2. The number of hydrogen-bond donors (Lipinski definition) is 2. The van der Waals surface area contributed by atoms with Gasteiger partial charge in [-0.25, -0.2) is 0 Å². The molecule has 0 unspecified atom stereocenters. The lowest BCUT2D eigenvalue weighted by Gasteiger charge is -2.60. The van der Waals surface area contributed by atoms with Crippen LogP contribution in [0, 0.1) is 17.8 Å². The molecule has 4 aliphatic rings. The first-order chi connectivity index (χ1) is 18.3. The van der Waals surface area contributed by atoms with Gasteiger partial charge in [-0.15, -0.1) is 0 Å². The third kappa shape index (κ3) is 4.57. The number of methoxy groups -OCH3 is 1. The minimum absolute atomic E-state index is 0.00569. The van der Waals surface area contributed by atoms with Crippen molar-refractivity contribution in [3.8, 4) is 28.6 Å². The number of ether oxygens (including phenoxy) is 1. The second-order valence-corrected chi connectivity index (χ2v) is 12.2. The summed E-state index contributed by atoms with van der Waals surface area (Å²) in [7, 11) is 3.77. The number of unbranched alkanes of at least 4 members (excludes halogenated alkanes) is 2. The Morgan fingerprint density at radius 3 is 2.24 bits per heavy atom. The van der Waals surface area contributed by atoms with E-state index in [-0.39, 0.29) is 33.6 Å². The number of aromatic hydroxyl groups is 2. The molecule has 2 aromatic carbocycles. The van der Waals surface area contributed by atoms with Crippen molar-refractivity contribution in [1.29, 1.82) is 0 Å². The summed E-state index contributed by atoms with van der Waals surface area (Å²) in [5.74, 6) is 2.77. The highest BCUT2D eigenvalue weighted by Crippen LogP contribution is 2.57. The minimum atomic E-state index is -0.389. The van der Waals surface area contributed by atoms with Crippen LogP contribution < -0.4 is 10.2 Å². The van der Waals surface area contributed by atoms with E-state index in [9.17, 15) is 15.0 Å². The number of aryl methyl sites for hydroxylation is 1. The SMILES string of the molecule is COc1c(O)cc(O)c2c(=O)cc(-c3ccc(CCCCCN(C)C45CC6CC(CC(C6)C4)C5)cc3)oc12. The average molecular weight is 518 g/mol. The minimum Gasteiger partial charge on any atom is -0.507 e. The van der Waals surface area contributed by atoms with Crippen molar-refractivity contribution in [2.75, 3.05) is 20.7 Å². The summed E-state index contributed by atoms with van der Waals surface area (Å²) in [6.07, 6.45) is 13.5. The van der Waals surface area contributed by atoms with Gasteiger partial charge in [-0.2, -0.15) is 0 Å². The molecule has 0 atom stereocenters. The van der Waals surface area contributed by atoms with Crippen molar-refractivity contribution in [3.05, 3.63) is 52.2 Å². The fourth-order valence-corrected chi connectivity index (χ4v) is 8.08. The number of benzene rings is 2. The third-order valence-electron chi connectivity index (χ3n) is 9.63. The number of hydrogen-bond acceptors (Lipinski definition) is 6. The number of phenols is 2. The molecule has 1 heterocycles. The largest absolute Gasteiger partial charge is 0.507 e. The van der Waals surface area contributed by atoms with E-state index >= 15 is 0 Å². The van der Waals surface area contributed by atoms with E-state index in [2.05, 4.69) is 24.1 Å². The zero-order chi connectivity index (χ0) is 26.4. The molecule has 7 rings (SSSR count). The number of fused-ring (bicyclic) bond motifs is 1. The van der Waals surface area contributed by atoms with Crippen LogP contribution in [0.3, 0.4) is 0 Å². The lowest BCUT2D eigenvalue weighted by atomic mass is 9.52. The molecule has 0 spiro atoms. The molecule has 0 radical (unpaired) electrons. The molecule has 6 nitrogen and oxygen atoms in total. The summed E-state index contributed by atoms with van der Waals surface area (Å²) in [6, 6.07) is 10.5. The third-order valence-corrected chi connectivity index (χ3v) is 9.63. The molecule has 4 bridgehead atoms. The Balaban J connectivity index is 1.05. The quantitative estimate of drug-likeness (QED) is 0.316. The predicted molar refractivity (Wildman–Crippen MR) is 149 cm³/mol. The van der Waals surface area contributed by atoms with Crippen molar-refractivity contribution in [2.24, 2.45) is 17.8 Å². The van der Waals surface area contributed by atoms with Gasteiger partial charge in [0.25, 0.3) is 0 Å². The van der Waals surface area contributed by atoms with Crippen LogP contribution >= 0.6 is 0 Å². The molecule has 1 aromatic heterocycles. The highest BCUT2D eigenvalue weighted by molar-refractivity contribution is 5.91. The monoisotopic (exact) mass is 517 g/mol. The van der Waals surface area contributed by atoms with Crippen LogP contribution in [0.2, 0.25) is 0 Å². The van der Waals surface area contributed by atoms with Crippen molar-refractivity contribution in [2.45, 2.75) is 69.7 Å². The first-order valence-electron chi connectivity index (χ1n) is 14.2. The van der Waals surface area contributed by atoms with Gasteiger partial charge in [-0.05, 0) is 94.7 Å². The van der Waals surface area contributed by atoms with E-state index in [1.165, 1.54) is 76.7 Å². The van der Waals surface area contributed by atoms with Crippen LogP contribution in [0.1, 0.15) is 63.4 Å². The maximum Gasteiger partial charge on any atom is 0.204 e.